The summed E-state index contributed by atoms with van der Waals surface area (Å²) in [4.78, 5) is 13.2. The lowest BCUT2D eigenvalue weighted by Crippen LogP contribution is -2.59. The smallest absolute Gasteiger partial charge is 0.187 e. The van der Waals surface area contributed by atoms with Crippen LogP contribution >= 0.6 is 0 Å². The molecule has 1 aliphatic heterocycles. The highest BCUT2D eigenvalue weighted by Crippen LogP contribution is 2.63. The van der Waals surface area contributed by atoms with Crippen LogP contribution < -0.4 is 0 Å². The molecule has 2 saturated carbocycles. The number of carbonyl (C=O) groups excluding carboxylic acids is 1. The van der Waals surface area contributed by atoms with Gasteiger partial charge in [0.1, 0.15) is 31.0 Å². The molecule has 1 heterocycles. The maximum Gasteiger partial charge on any atom is 0.187 e. The minimum atomic E-state index is -1.53. The fourth-order valence-electron chi connectivity index (χ4n) is 7.46. The number of rotatable bonds is 5. The van der Waals surface area contributed by atoms with E-state index in [1.165, 1.54) is 5.57 Å². The van der Waals surface area contributed by atoms with Crippen LogP contribution in [-0.2, 0) is 14.3 Å². The average Bonchev–Trinajstić information content (AvgIpc) is 2.79. The molecule has 4 aliphatic rings. The van der Waals surface area contributed by atoms with Crippen LogP contribution in [0.1, 0.15) is 66.2 Å². The van der Waals surface area contributed by atoms with Crippen LogP contribution in [0.3, 0.4) is 0 Å². The zero-order chi connectivity index (χ0) is 25.1. The van der Waals surface area contributed by atoms with Gasteiger partial charge in [-0.2, -0.15) is 0 Å². The van der Waals surface area contributed by atoms with Crippen molar-refractivity contribution >= 4 is 5.78 Å². The summed E-state index contributed by atoms with van der Waals surface area (Å²) in [5.74, 6) is 0.729. The maximum atomic E-state index is 13.2. The highest BCUT2D eigenvalue weighted by Gasteiger charge is 2.57. The van der Waals surface area contributed by atoms with Crippen molar-refractivity contribution < 1.29 is 39.8 Å². The van der Waals surface area contributed by atoms with E-state index in [0.29, 0.717) is 18.3 Å². The minimum absolute atomic E-state index is 0.115. The summed E-state index contributed by atoms with van der Waals surface area (Å²) >= 11 is 0. The second kappa shape index (κ2) is 9.21. The van der Waals surface area contributed by atoms with Gasteiger partial charge in [-0.25, -0.2) is 0 Å². The SMILES string of the molecule is CC1(C)[C@H]2CCC3=C[C@@](C)(C(=O)CO[C@@H]4O[C@H](CO)[C@@H](O)[C@H](O)[C@H]4O)CC[C@H]3[C@]2(C)CC[C@@H]1O. The molecule has 0 aromatic heterocycles. The molecule has 8 nitrogen and oxygen atoms in total. The van der Waals surface area contributed by atoms with Crippen molar-refractivity contribution in [2.45, 2.75) is 103 Å². The molecular weight excluding hydrogens is 440 g/mol. The van der Waals surface area contributed by atoms with Crippen molar-refractivity contribution in [1.29, 1.82) is 0 Å². The first-order valence-corrected chi connectivity index (χ1v) is 12.7. The number of hydrogen-bond donors (Lipinski definition) is 5. The van der Waals surface area contributed by atoms with E-state index < -0.39 is 42.7 Å². The van der Waals surface area contributed by atoms with Crippen LogP contribution in [0.25, 0.3) is 0 Å². The molecule has 3 fully saturated rings. The van der Waals surface area contributed by atoms with Crippen molar-refractivity contribution in [3.63, 3.8) is 0 Å². The van der Waals surface area contributed by atoms with Gasteiger partial charge in [-0.3, -0.25) is 4.79 Å². The highest BCUT2D eigenvalue weighted by atomic mass is 16.7. The quantitative estimate of drug-likeness (QED) is 0.370. The largest absolute Gasteiger partial charge is 0.394 e. The van der Waals surface area contributed by atoms with Crippen molar-refractivity contribution in [1.82, 2.24) is 0 Å². The second-order valence-electron chi connectivity index (χ2n) is 12.1. The molecule has 0 amide bonds. The summed E-state index contributed by atoms with van der Waals surface area (Å²) in [5, 5.41) is 50.0. The zero-order valence-electron chi connectivity index (χ0n) is 20.8. The van der Waals surface area contributed by atoms with E-state index in [2.05, 4.69) is 26.8 Å². The van der Waals surface area contributed by atoms with E-state index in [4.69, 9.17) is 9.47 Å². The second-order valence-corrected chi connectivity index (χ2v) is 12.1. The van der Waals surface area contributed by atoms with Crippen LogP contribution in [0.5, 0.6) is 0 Å². The molecule has 0 bridgehead atoms. The van der Waals surface area contributed by atoms with Crippen LogP contribution in [-0.4, -0.2) is 81.3 Å². The van der Waals surface area contributed by atoms with E-state index in [1.807, 2.05) is 6.92 Å². The molecule has 0 aromatic rings. The van der Waals surface area contributed by atoms with Crippen LogP contribution in [0, 0.1) is 28.1 Å². The molecule has 3 aliphatic carbocycles. The predicted octanol–water partition coefficient (Wildman–Crippen LogP) is 1.31. The Kier molecular flexibility index (Phi) is 7.10. The number of aliphatic hydroxyl groups excluding tert-OH is 5. The lowest BCUT2D eigenvalue weighted by Gasteiger charge is -2.60. The first kappa shape index (κ1) is 26.2. The topological polar surface area (TPSA) is 137 Å². The van der Waals surface area contributed by atoms with Gasteiger partial charge in [0, 0.05) is 5.41 Å². The summed E-state index contributed by atoms with van der Waals surface area (Å²) in [7, 11) is 0. The van der Waals surface area contributed by atoms with Gasteiger partial charge in [-0.15, -0.1) is 0 Å². The van der Waals surface area contributed by atoms with Crippen LogP contribution in [0.15, 0.2) is 11.6 Å². The third-order valence-electron chi connectivity index (χ3n) is 9.80. The average molecular weight is 483 g/mol. The Morgan fingerprint density at radius 1 is 1.03 bits per heavy atom. The molecule has 10 atom stereocenters. The third kappa shape index (κ3) is 4.19. The number of Topliss-reactive ketones (excluding diaryl/α,β-unsaturated/α-hetero) is 1. The van der Waals surface area contributed by atoms with Gasteiger partial charge in [0.05, 0.1) is 12.7 Å². The Morgan fingerprint density at radius 3 is 2.41 bits per heavy atom. The van der Waals surface area contributed by atoms with E-state index in [0.717, 1.165) is 32.1 Å². The molecule has 0 spiro atoms. The van der Waals surface area contributed by atoms with Gasteiger partial charge in [0.25, 0.3) is 0 Å². The van der Waals surface area contributed by atoms with Gasteiger partial charge in [-0.1, -0.05) is 32.4 Å². The summed E-state index contributed by atoms with van der Waals surface area (Å²) < 4.78 is 10.9. The summed E-state index contributed by atoms with van der Waals surface area (Å²) in [6.45, 7) is 7.85. The van der Waals surface area contributed by atoms with Crippen molar-refractivity contribution in [3.05, 3.63) is 11.6 Å². The van der Waals surface area contributed by atoms with Gasteiger partial charge >= 0.3 is 0 Å². The summed E-state index contributed by atoms with van der Waals surface area (Å²) in [6, 6.07) is 0. The number of hydrogen-bond acceptors (Lipinski definition) is 8. The molecule has 4 rings (SSSR count). The van der Waals surface area contributed by atoms with Crippen molar-refractivity contribution in [2.24, 2.45) is 28.1 Å². The van der Waals surface area contributed by atoms with Crippen molar-refractivity contribution in [3.8, 4) is 0 Å². The summed E-state index contributed by atoms with van der Waals surface area (Å²) in [5.41, 5.74) is 0.645. The van der Waals surface area contributed by atoms with Crippen LogP contribution in [0.4, 0.5) is 0 Å². The molecule has 5 N–H and O–H groups in total. The number of ketones is 1. The number of aliphatic hydroxyl groups is 5. The van der Waals surface area contributed by atoms with Crippen LogP contribution in [0.2, 0.25) is 0 Å². The zero-order valence-corrected chi connectivity index (χ0v) is 20.8. The molecule has 1 saturated heterocycles. The summed E-state index contributed by atoms with van der Waals surface area (Å²) in [6.07, 6.45) is 0.325. The normalized spacial score (nSPS) is 48.4. The van der Waals surface area contributed by atoms with E-state index in [9.17, 15) is 30.3 Å². The molecule has 0 radical (unpaired) electrons. The molecule has 34 heavy (non-hydrogen) atoms. The highest BCUT2D eigenvalue weighted by molar-refractivity contribution is 5.87. The number of fused-ring (bicyclic) bond motifs is 3. The maximum absolute atomic E-state index is 13.2. The van der Waals surface area contributed by atoms with E-state index in [-0.39, 0.29) is 29.3 Å². The third-order valence-corrected chi connectivity index (χ3v) is 9.80. The lowest BCUT2D eigenvalue weighted by molar-refractivity contribution is -0.299. The Bertz CT molecular complexity index is 809. The van der Waals surface area contributed by atoms with E-state index in [1.54, 1.807) is 0 Å². The van der Waals surface area contributed by atoms with E-state index >= 15 is 0 Å². The van der Waals surface area contributed by atoms with Gasteiger partial charge in [0.2, 0.25) is 0 Å². The van der Waals surface area contributed by atoms with Gasteiger partial charge in [-0.05, 0) is 68.1 Å². The van der Waals surface area contributed by atoms with Gasteiger partial charge in [0.15, 0.2) is 12.1 Å². The standard InChI is InChI=1S/C26H42O8/c1-24(2)17-6-5-14-11-25(3,9-7-15(14)26(17,4)10-8-18(24)28)19(29)13-33-23-22(32)21(31)20(30)16(12-27)34-23/h11,15-18,20-23,27-28,30-32H,5-10,12-13H2,1-4H3/t15-,16-,17-,18+,20-,21+,22-,23-,25+,26+/m1/s1. The predicted molar refractivity (Wildman–Crippen MR) is 123 cm³/mol. The Labute approximate surface area is 202 Å². The molecular formula is C26H42O8. The minimum Gasteiger partial charge on any atom is -0.394 e. The molecule has 0 unspecified atom stereocenters. The Balaban J connectivity index is 1.45. The molecule has 0 aromatic carbocycles. The number of allylic oxidation sites excluding steroid dienone is 2. The monoisotopic (exact) mass is 482 g/mol. The van der Waals surface area contributed by atoms with Crippen molar-refractivity contribution in [2.75, 3.05) is 13.2 Å². The fraction of sp³-hybridized carbons (Fsp3) is 0.885. The first-order chi connectivity index (χ1) is 15.8. The molecule has 8 heteroatoms. The molecule has 194 valence electrons. The Morgan fingerprint density at radius 2 is 1.74 bits per heavy atom. The number of carbonyl (C=O) groups is 1. The first-order valence-electron chi connectivity index (χ1n) is 12.7. The Hall–Kier alpha value is -0.870. The van der Waals surface area contributed by atoms with Gasteiger partial charge < -0.3 is 35.0 Å². The number of ether oxygens (including phenoxy) is 2. The fourth-order valence-corrected chi connectivity index (χ4v) is 7.46. The lowest BCUT2D eigenvalue weighted by atomic mass is 9.45.